The fraction of sp³-hybridized carbons (Fsp3) is 0.318. The van der Waals surface area contributed by atoms with E-state index in [1.54, 1.807) is 32.9 Å². The molecule has 1 N–H and O–H groups in total. The van der Waals surface area contributed by atoms with E-state index in [1.807, 2.05) is 0 Å². The molecule has 0 aliphatic rings. The second-order valence-corrected chi connectivity index (χ2v) is 6.86. The monoisotopic (exact) mass is 449 g/mol. The van der Waals surface area contributed by atoms with E-state index in [9.17, 15) is 14.4 Å². The molecule has 0 unspecified atom stereocenters. The lowest BCUT2D eigenvalue weighted by atomic mass is 10.1. The Hall–Kier alpha value is -3.26. The summed E-state index contributed by atoms with van der Waals surface area (Å²) >= 11 is 6.13. The van der Waals surface area contributed by atoms with Crippen molar-refractivity contribution in [3.63, 3.8) is 0 Å². The zero-order chi connectivity index (χ0) is 23.1. The predicted octanol–water partition coefficient (Wildman–Crippen LogP) is 3.92. The van der Waals surface area contributed by atoms with E-state index in [1.165, 1.54) is 26.4 Å². The van der Waals surface area contributed by atoms with Gasteiger partial charge in [0.25, 0.3) is 0 Å². The number of Topliss-reactive ketones (excluding diaryl/α,β-unsaturated/α-hetero) is 1. The van der Waals surface area contributed by atoms with Gasteiger partial charge in [-0.25, -0.2) is 9.59 Å². The van der Waals surface area contributed by atoms with Gasteiger partial charge in [0.15, 0.2) is 18.1 Å². The number of methoxy groups -OCH3 is 2. The van der Waals surface area contributed by atoms with Crippen LogP contribution < -0.4 is 9.47 Å². The lowest BCUT2D eigenvalue weighted by molar-refractivity contribution is -0.136. The third-order valence-electron chi connectivity index (χ3n) is 4.41. The molecule has 0 atom stereocenters. The number of ketones is 1. The van der Waals surface area contributed by atoms with Crippen molar-refractivity contribution in [3.8, 4) is 11.5 Å². The minimum Gasteiger partial charge on any atom is -0.493 e. The molecule has 1 aromatic carbocycles. The topological polar surface area (TPSA) is 104 Å². The number of aromatic nitrogens is 1. The van der Waals surface area contributed by atoms with Crippen LogP contribution in [0.25, 0.3) is 6.08 Å². The smallest absolute Gasteiger partial charge is 0.340 e. The maximum absolute atomic E-state index is 12.5. The standard InChI is InChI=1S/C22H24ClNO7/c1-6-30-22(27)19-12(2)20(24-13(19)3)16(25)11-31-18(26)8-7-14-9-15(23)21(29-5)17(10-14)28-4/h7-10,24H,6,11H2,1-5H3. The van der Waals surface area contributed by atoms with Crippen molar-refractivity contribution in [2.45, 2.75) is 20.8 Å². The van der Waals surface area contributed by atoms with E-state index in [4.69, 9.17) is 30.5 Å². The van der Waals surface area contributed by atoms with Crippen LogP contribution in [0.3, 0.4) is 0 Å². The fourth-order valence-corrected chi connectivity index (χ4v) is 3.29. The van der Waals surface area contributed by atoms with Crippen molar-refractivity contribution in [3.05, 3.63) is 51.3 Å². The molecule has 2 rings (SSSR count). The Morgan fingerprint density at radius 2 is 1.81 bits per heavy atom. The van der Waals surface area contributed by atoms with E-state index in [-0.39, 0.29) is 12.3 Å². The van der Waals surface area contributed by atoms with E-state index < -0.39 is 24.3 Å². The molecule has 9 heteroatoms. The Labute approximate surface area is 185 Å². The summed E-state index contributed by atoms with van der Waals surface area (Å²) in [6.07, 6.45) is 2.64. The summed E-state index contributed by atoms with van der Waals surface area (Å²) in [5.41, 5.74) is 2.05. The van der Waals surface area contributed by atoms with Crippen LogP contribution in [0.5, 0.6) is 11.5 Å². The number of aryl methyl sites for hydroxylation is 1. The Morgan fingerprint density at radius 1 is 1.10 bits per heavy atom. The van der Waals surface area contributed by atoms with Crippen molar-refractivity contribution in [1.29, 1.82) is 0 Å². The van der Waals surface area contributed by atoms with E-state index in [2.05, 4.69) is 4.98 Å². The molecule has 0 spiro atoms. The summed E-state index contributed by atoms with van der Waals surface area (Å²) in [5.74, 6) is -0.902. The Kier molecular flexibility index (Phi) is 8.27. The lowest BCUT2D eigenvalue weighted by Crippen LogP contribution is -2.14. The van der Waals surface area contributed by atoms with Crippen molar-refractivity contribution in [2.24, 2.45) is 0 Å². The molecule has 31 heavy (non-hydrogen) atoms. The van der Waals surface area contributed by atoms with Gasteiger partial charge in [-0.05, 0) is 50.1 Å². The first-order valence-corrected chi connectivity index (χ1v) is 9.77. The minimum atomic E-state index is -0.717. The SMILES string of the molecule is CCOC(=O)c1c(C)[nH]c(C(=O)COC(=O)C=Cc2cc(Cl)c(OC)c(OC)c2)c1C. The molecule has 2 aromatic rings. The van der Waals surface area contributed by atoms with Crippen LogP contribution in [0.2, 0.25) is 5.02 Å². The molecule has 0 aliphatic carbocycles. The van der Waals surface area contributed by atoms with Gasteiger partial charge in [0.1, 0.15) is 0 Å². The van der Waals surface area contributed by atoms with Gasteiger partial charge in [0.2, 0.25) is 5.78 Å². The molecule has 0 aliphatic heterocycles. The lowest BCUT2D eigenvalue weighted by Gasteiger charge is -2.10. The molecular formula is C22H24ClNO7. The number of ether oxygens (including phenoxy) is 4. The molecule has 0 bridgehead atoms. The first kappa shape index (κ1) is 24.0. The van der Waals surface area contributed by atoms with Crippen molar-refractivity contribution >= 4 is 35.4 Å². The zero-order valence-electron chi connectivity index (χ0n) is 18.0. The number of H-pyrrole nitrogens is 1. The molecule has 1 heterocycles. The molecule has 0 saturated carbocycles. The normalized spacial score (nSPS) is 10.8. The van der Waals surface area contributed by atoms with Crippen LogP contribution in [-0.4, -0.2) is 50.1 Å². The summed E-state index contributed by atoms with van der Waals surface area (Å²) in [7, 11) is 2.94. The summed E-state index contributed by atoms with van der Waals surface area (Å²) in [4.78, 5) is 39.4. The third-order valence-corrected chi connectivity index (χ3v) is 4.69. The van der Waals surface area contributed by atoms with Gasteiger partial charge < -0.3 is 23.9 Å². The molecule has 1 aromatic heterocycles. The van der Waals surface area contributed by atoms with Crippen LogP contribution in [0.15, 0.2) is 18.2 Å². The van der Waals surface area contributed by atoms with Gasteiger partial charge in [0, 0.05) is 11.8 Å². The summed E-state index contributed by atoms with van der Waals surface area (Å²) < 4.78 is 20.4. The first-order valence-electron chi connectivity index (χ1n) is 9.39. The van der Waals surface area contributed by atoms with Crippen LogP contribution in [-0.2, 0) is 14.3 Å². The number of carbonyl (C=O) groups is 3. The van der Waals surface area contributed by atoms with Crippen molar-refractivity contribution in [2.75, 3.05) is 27.4 Å². The molecule has 0 fully saturated rings. The quantitative estimate of drug-likeness (QED) is 0.351. The zero-order valence-corrected chi connectivity index (χ0v) is 18.7. The first-order chi connectivity index (χ1) is 14.7. The Morgan fingerprint density at radius 3 is 2.42 bits per heavy atom. The largest absolute Gasteiger partial charge is 0.493 e. The average Bonchev–Trinajstić information content (AvgIpc) is 3.04. The number of rotatable bonds is 9. The van der Waals surface area contributed by atoms with Gasteiger partial charge in [-0.15, -0.1) is 0 Å². The highest BCUT2D eigenvalue weighted by atomic mass is 35.5. The number of nitrogens with one attached hydrogen (secondary N) is 1. The third kappa shape index (κ3) is 5.67. The highest BCUT2D eigenvalue weighted by Gasteiger charge is 2.23. The van der Waals surface area contributed by atoms with Gasteiger partial charge in [-0.2, -0.15) is 0 Å². The summed E-state index contributed by atoms with van der Waals surface area (Å²) in [6.45, 7) is 4.73. The van der Waals surface area contributed by atoms with E-state index in [0.29, 0.717) is 38.9 Å². The molecule has 0 radical (unpaired) electrons. The van der Waals surface area contributed by atoms with E-state index >= 15 is 0 Å². The van der Waals surface area contributed by atoms with Gasteiger partial charge in [-0.1, -0.05) is 11.6 Å². The Bertz CT molecular complexity index is 1020. The van der Waals surface area contributed by atoms with E-state index in [0.717, 1.165) is 0 Å². The number of hydrogen-bond donors (Lipinski definition) is 1. The fourth-order valence-electron chi connectivity index (χ4n) is 2.99. The number of esters is 2. The maximum Gasteiger partial charge on any atom is 0.340 e. The number of aromatic amines is 1. The van der Waals surface area contributed by atoms with Crippen LogP contribution in [0.4, 0.5) is 0 Å². The molecule has 8 nitrogen and oxygen atoms in total. The summed E-state index contributed by atoms with van der Waals surface area (Å²) in [5, 5.41) is 0.319. The predicted molar refractivity (Wildman–Crippen MR) is 115 cm³/mol. The average molecular weight is 450 g/mol. The molecule has 166 valence electrons. The number of halogens is 1. The second-order valence-electron chi connectivity index (χ2n) is 6.45. The van der Waals surface area contributed by atoms with Gasteiger partial charge in [-0.3, -0.25) is 4.79 Å². The second kappa shape index (κ2) is 10.7. The van der Waals surface area contributed by atoms with Crippen molar-refractivity contribution < 1.29 is 33.3 Å². The highest BCUT2D eigenvalue weighted by molar-refractivity contribution is 6.32. The van der Waals surface area contributed by atoms with Crippen LogP contribution in [0.1, 0.15) is 44.6 Å². The van der Waals surface area contributed by atoms with Gasteiger partial charge in [0.05, 0.1) is 37.1 Å². The van der Waals surface area contributed by atoms with Gasteiger partial charge >= 0.3 is 11.9 Å². The number of carbonyl (C=O) groups excluding carboxylic acids is 3. The molecular weight excluding hydrogens is 426 g/mol. The summed E-state index contributed by atoms with van der Waals surface area (Å²) in [6, 6.07) is 3.24. The van der Waals surface area contributed by atoms with Crippen LogP contribution in [0, 0.1) is 13.8 Å². The number of hydrogen-bond acceptors (Lipinski definition) is 7. The van der Waals surface area contributed by atoms with Crippen molar-refractivity contribution in [1.82, 2.24) is 4.98 Å². The van der Waals surface area contributed by atoms with Crippen LogP contribution >= 0.6 is 11.6 Å². The number of benzene rings is 1. The minimum absolute atomic E-state index is 0.198. The highest BCUT2D eigenvalue weighted by Crippen LogP contribution is 2.36. The molecule has 0 saturated heterocycles. The Balaban J connectivity index is 2.05. The molecule has 0 amide bonds. The maximum atomic E-state index is 12.5.